The standard InChI is InChI=1S/C41H36N4O4/c42-39-43-26-31(45(39)41(28-14-4-1-5-15-28,29-16-6-2-7-17-29)30-18-8-3-9-19-30)24-25-37(38(46)47)44-40(48)49-27-36-34-22-12-10-20-32(34)33-21-11-13-23-35(33)36/h1-23,26,36-37H,24-25,27H2,(H2,42,43)(H,44,48)(H,46,47)/t37-/m0/s1. The number of nitrogens with zero attached hydrogens (tertiary/aromatic N) is 2. The number of fused-ring (bicyclic) bond motifs is 3. The van der Waals surface area contributed by atoms with Crippen LogP contribution in [0.25, 0.3) is 11.1 Å². The van der Waals surface area contributed by atoms with Crippen molar-refractivity contribution in [3.05, 3.63) is 179 Å². The van der Waals surface area contributed by atoms with Gasteiger partial charge in [0.15, 0.2) is 0 Å². The van der Waals surface area contributed by atoms with Gasteiger partial charge in [0.25, 0.3) is 0 Å². The van der Waals surface area contributed by atoms with Crippen molar-refractivity contribution in [3.63, 3.8) is 0 Å². The van der Waals surface area contributed by atoms with Crippen LogP contribution in [0.3, 0.4) is 0 Å². The van der Waals surface area contributed by atoms with Gasteiger partial charge in [0.1, 0.15) is 18.2 Å². The van der Waals surface area contributed by atoms with Crippen molar-refractivity contribution in [1.29, 1.82) is 0 Å². The van der Waals surface area contributed by atoms with Gasteiger partial charge in [-0.15, -0.1) is 0 Å². The summed E-state index contributed by atoms with van der Waals surface area (Å²) in [5.74, 6) is -1.02. The lowest BCUT2D eigenvalue weighted by Crippen LogP contribution is -2.42. The number of ether oxygens (including phenoxy) is 1. The number of nitrogen functional groups attached to an aromatic ring is 1. The Morgan fingerprint density at radius 1 is 0.755 bits per heavy atom. The molecule has 4 N–H and O–H groups in total. The van der Waals surface area contributed by atoms with Crippen LogP contribution < -0.4 is 11.1 Å². The second-order valence-corrected chi connectivity index (χ2v) is 12.2. The van der Waals surface area contributed by atoms with Crippen LogP contribution in [0.4, 0.5) is 10.7 Å². The van der Waals surface area contributed by atoms with Crippen molar-refractivity contribution in [1.82, 2.24) is 14.9 Å². The first kappa shape index (κ1) is 31.4. The summed E-state index contributed by atoms with van der Waals surface area (Å²) < 4.78 is 7.66. The molecule has 1 aliphatic rings. The number of hydrogen-bond donors (Lipinski definition) is 3. The first-order valence-corrected chi connectivity index (χ1v) is 16.3. The molecule has 49 heavy (non-hydrogen) atoms. The van der Waals surface area contributed by atoms with Crippen molar-refractivity contribution < 1.29 is 19.4 Å². The first-order chi connectivity index (χ1) is 24.0. The minimum Gasteiger partial charge on any atom is -0.480 e. The van der Waals surface area contributed by atoms with E-state index in [1.807, 2.05) is 95.6 Å². The Bertz CT molecular complexity index is 1940. The highest BCUT2D eigenvalue weighted by Gasteiger charge is 2.41. The topological polar surface area (TPSA) is 119 Å². The molecule has 1 atom stereocenters. The lowest BCUT2D eigenvalue weighted by Gasteiger charge is -2.39. The second kappa shape index (κ2) is 13.5. The molecule has 5 aromatic carbocycles. The summed E-state index contributed by atoms with van der Waals surface area (Å²) in [4.78, 5) is 30.1. The molecule has 0 fully saturated rings. The smallest absolute Gasteiger partial charge is 0.407 e. The summed E-state index contributed by atoms with van der Waals surface area (Å²) in [7, 11) is 0. The van der Waals surface area contributed by atoms with Crippen LogP contribution in [0.15, 0.2) is 146 Å². The van der Waals surface area contributed by atoms with Crippen molar-refractivity contribution in [2.75, 3.05) is 12.3 Å². The van der Waals surface area contributed by atoms with E-state index in [1.165, 1.54) is 0 Å². The maximum atomic E-state index is 13.1. The summed E-state index contributed by atoms with van der Waals surface area (Å²) >= 11 is 0. The predicted octanol–water partition coefficient (Wildman–Crippen LogP) is 7.23. The maximum Gasteiger partial charge on any atom is 0.407 e. The zero-order valence-electron chi connectivity index (χ0n) is 26.8. The van der Waals surface area contributed by atoms with E-state index in [2.05, 4.69) is 58.8 Å². The molecule has 8 heteroatoms. The van der Waals surface area contributed by atoms with Gasteiger partial charge in [-0.25, -0.2) is 14.6 Å². The number of aliphatic carboxylic acids is 1. The van der Waals surface area contributed by atoms with E-state index >= 15 is 0 Å². The van der Waals surface area contributed by atoms with Gasteiger partial charge in [0.05, 0.1) is 6.20 Å². The summed E-state index contributed by atoms with van der Waals surface area (Å²) in [5, 5.41) is 12.8. The summed E-state index contributed by atoms with van der Waals surface area (Å²) in [5.41, 5.74) is 13.8. The van der Waals surface area contributed by atoms with Crippen LogP contribution in [0.1, 0.15) is 45.8 Å². The molecular formula is C41H36N4O4. The first-order valence-electron chi connectivity index (χ1n) is 16.3. The lowest BCUT2D eigenvalue weighted by molar-refractivity contribution is -0.139. The van der Waals surface area contributed by atoms with Crippen molar-refractivity contribution in [2.45, 2.75) is 30.3 Å². The van der Waals surface area contributed by atoms with Crippen LogP contribution in [0.2, 0.25) is 0 Å². The molecule has 0 spiro atoms. The number of carbonyl (C=O) groups excluding carboxylic acids is 1. The van der Waals surface area contributed by atoms with E-state index in [-0.39, 0.29) is 31.3 Å². The lowest BCUT2D eigenvalue weighted by atomic mass is 9.76. The van der Waals surface area contributed by atoms with Gasteiger partial charge in [-0.1, -0.05) is 140 Å². The van der Waals surface area contributed by atoms with E-state index < -0.39 is 23.6 Å². The SMILES string of the molecule is Nc1ncc(CC[C@H](NC(=O)OCC2c3ccccc3-c3ccccc32)C(=O)O)n1C(c1ccccc1)(c1ccccc1)c1ccccc1. The normalized spacial score (nSPS) is 12.9. The van der Waals surface area contributed by atoms with Gasteiger partial charge < -0.3 is 20.9 Å². The van der Waals surface area contributed by atoms with Gasteiger partial charge >= 0.3 is 12.1 Å². The highest BCUT2D eigenvalue weighted by atomic mass is 16.5. The zero-order valence-corrected chi connectivity index (χ0v) is 26.8. The molecule has 0 saturated heterocycles. The fourth-order valence-corrected chi connectivity index (χ4v) is 7.22. The number of benzene rings is 5. The Morgan fingerprint density at radius 2 is 1.22 bits per heavy atom. The second-order valence-electron chi connectivity index (χ2n) is 12.2. The molecule has 7 rings (SSSR count). The highest BCUT2D eigenvalue weighted by Crippen LogP contribution is 2.45. The van der Waals surface area contributed by atoms with Gasteiger partial charge in [0, 0.05) is 11.6 Å². The van der Waals surface area contributed by atoms with Crippen LogP contribution in [0.5, 0.6) is 0 Å². The van der Waals surface area contributed by atoms with Crippen LogP contribution >= 0.6 is 0 Å². The number of rotatable bonds is 11. The van der Waals surface area contributed by atoms with E-state index in [0.717, 1.165) is 44.6 Å². The number of carboxylic acid groups (broad SMARTS) is 1. The number of carbonyl (C=O) groups is 2. The average Bonchev–Trinajstić information content (AvgIpc) is 3.68. The number of carboxylic acids is 1. The minimum absolute atomic E-state index is 0.0825. The maximum absolute atomic E-state index is 13.1. The monoisotopic (exact) mass is 648 g/mol. The molecule has 1 heterocycles. The molecule has 6 aromatic rings. The van der Waals surface area contributed by atoms with Gasteiger partial charge in [-0.05, 0) is 51.8 Å². The molecule has 1 aliphatic carbocycles. The molecule has 244 valence electrons. The van der Waals surface area contributed by atoms with Crippen LogP contribution in [0, 0.1) is 0 Å². The summed E-state index contributed by atoms with van der Waals surface area (Å²) in [6, 6.07) is 45.1. The number of aryl methyl sites for hydroxylation is 1. The Labute approximate surface area is 284 Å². The highest BCUT2D eigenvalue weighted by molar-refractivity contribution is 5.81. The average molecular weight is 649 g/mol. The fourth-order valence-electron chi connectivity index (χ4n) is 7.22. The van der Waals surface area contributed by atoms with Gasteiger partial charge in [-0.2, -0.15) is 0 Å². The number of hydrogen-bond acceptors (Lipinski definition) is 5. The van der Waals surface area contributed by atoms with Crippen LogP contribution in [-0.4, -0.2) is 39.4 Å². The number of aromatic nitrogens is 2. The summed E-state index contributed by atoms with van der Waals surface area (Å²) in [6.07, 6.45) is 1.25. The quantitative estimate of drug-likeness (QED) is 0.128. The zero-order chi connectivity index (χ0) is 33.8. The molecule has 0 aliphatic heterocycles. The minimum atomic E-state index is -1.21. The van der Waals surface area contributed by atoms with Crippen LogP contribution in [-0.2, 0) is 21.5 Å². The van der Waals surface area contributed by atoms with Gasteiger partial charge in [0.2, 0.25) is 5.95 Å². The van der Waals surface area contributed by atoms with E-state index in [1.54, 1.807) is 6.20 Å². The molecule has 0 bridgehead atoms. The fraction of sp³-hybridized carbons (Fsp3) is 0.146. The van der Waals surface area contributed by atoms with Crippen molar-refractivity contribution in [3.8, 4) is 11.1 Å². The number of nitrogens with one attached hydrogen (secondary N) is 1. The Morgan fingerprint density at radius 3 is 1.71 bits per heavy atom. The number of amides is 1. The number of nitrogens with two attached hydrogens (primary N) is 1. The third-order valence-corrected chi connectivity index (χ3v) is 9.40. The van der Waals surface area contributed by atoms with E-state index in [4.69, 9.17) is 10.5 Å². The largest absolute Gasteiger partial charge is 0.480 e. The molecule has 1 amide bonds. The number of alkyl carbamates (subject to hydrolysis) is 1. The molecule has 0 saturated carbocycles. The predicted molar refractivity (Wildman–Crippen MR) is 189 cm³/mol. The third kappa shape index (κ3) is 5.82. The molecular weight excluding hydrogens is 612 g/mol. The third-order valence-electron chi connectivity index (χ3n) is 9.40. The number of imidazole rings is 1. The van der Waals surface area contributed by atoms with Gasteiger partial charge in [-0.3, -0.25) is 4.57 Å². The molecule has 0 radical (unpaired) electrons. The number of anilines is 1. The van der Waals surface area contributed by atoms with E-state index in [0.29, 0.717) is 0 Å². The van der Waals surface area contributed by atoms with Crippen molar-refractivity contribution >= 4 is 18.0 Å². The molecule has 0 unspecified atom stereocenters. The molecule has 1 aromatic heterocycles. The Hall–Kier alpha value is -6.15. The Balaban J connectivity index is 1.15. The molecule has 8 nitrogen and oxygen atoms in total. The Kier molecular flexibility index (Phi) is 8.68. The van der Waals surface area contributed by atoms with Crippen molar-refractivity contribution in [2.24, 2.45) is 0 Å². The summed E-state index contributed by atoms with van der Waals surface area (Å²) in [6.45, 7) is 0.0866. The van der Waals surface area contributed by atoms with E-state index in [9.17, 15) is 14.7 Å².